The average molecular weight is 388 g/mol. The number of nitrogens with one attached hydrogen (secondary N) is 2. The zero-order valence-electron chi connectivity index (χ0n) is 15.9. The number of esters is 1. The topological polar surface area (TPSA) is 76.7 Å². The second-order valence-corrected chi connectivity index (χ2v) is 6.72. The molecule has 6 nitrogen and oxygen atoms in total. The largest absolute Gasteiger partial charge is 0.497 e. The van der Waals surface area contributed by atoms with Crippen molar-refractivity contribution >= 4 is 39.9 Å². The number of carbonyl (C=O) groups excluding carboxylic acids is 2. The Morgan fingerprint density at radius 1 is 1.07 bits per heavy atom. The molecule has 144 valence electrons. The average Bonchev–Trinajstić information content (AvgIpc) is 2.69. The van der Waals surface area contributed by atoms with Gasteiger partial charge in [-0.1, -0.05) is 36.5 Å². The fourth-order valence-corrected chi connectivity index (χ4v) is 2.89. The van der Waals surface area contributed by atoms with Crippen molar-refractivity contribution in [1.29, 1.82) is 0 Å². The van der Waals surface area contributed by atoms with Crippen LogP contribution in [-0.2, 0) is 14.3 Å². The Hall–Kier alpha value is -2.67. The van der Waals surface area contributed by atoms with Gasteiger partial charge in [0.2, 0.25) is 5.91 Å². The van der Waals surface area contributed by atoms with E-state index in [1.165, 1.54) is 7.11 Å². The van der Waals surface area contributed by atoms with Crippen LogP contribution in [0.25, 0.3) is 10.8 Å². The summed E-state index contributed by atoms with van der Waals surface area (Å²) in [5.74, 6) is -0.0943. The number of carbonyl (C=O) groups is 2. The molecule has 0 aliphatic heterocycles. The number of amides is 1. The zero-order valence-corrected chi connectivity index (χ0v) is 16.7. The van der Waals surface area contributed by atoms with Crippen LogP contribution in [0, 0.1) is 0 Å². The molecule has 0 fully saturated rings. The normalized spacial score (nSPS) is 12.7. The van der Waals surface area contributed by atoms with Crippen molar-refractivity contribution in [2.45, 2.75) is 25.8 Å². The molecule has 0 bridgehead atoms. The summed E-state index contributed by atoms with van der Waals surface area (Å²) in [5, 5.41) is 7.71. The molecular formula is C20H24N2O4S. The molecule has 0 saturated carbocycles. The van der Waals surface area contributed by atoms with E-state index in [0.29, 0.717) is 4.99 Å². The lowest BCUT2D eigenvalue weighted by molar-refractivity contribution is -0.142. The Labute approximate surface area is 164 Å². The summed E-state index contributed by atoms with van der Waals surface area (Å²) < 4.78 is 9.86. The maximum Gasteiger partial charge on any atom is 0.327 e. The highest BCUT2D eigenvalue weighted by Crippen LogP contribution is 2.25. The van der Waals surface area contributed by atoms with Crippen LogP contribution in [0.4, 0.5) is 0 Å². The minimum absolute atomic E-state index is 0.141. The third-order valence-corrected chi connectivity index (χ3v) is 4.58. The predicted octanol–water partition coefficient (Wildman–Crippen LogP) is 2.55. The van der Waals surface area contributed by atoms with Crippen LogP contribution in [0.3, 0.4) is 0 Å². The van der Waals surface area contributed by atoms with E-state index in [-0.39, 0.29) is 18.4 Å². The number of fused-ring (bicyclic) bond motifs is 1. The van der Waals surface area contributed by atoms with Crippen LogP contribution in [0.1, 0.15) is 25.3 Å². The molecule has 0 radical (unpaired) electrons. The first-order valence-corrected chi connectivity index (χ1v) is 8.99. The van der Waals surface area contributed by atoms with Crippen molar-refractivity contribution in [2.24, 2.45) is 0 Å². The Morgan fingerprint density at radius 3 is 2.41 bits per heavy atom. The molecular weight excluding hydrogens is 364 g/mol. The highest BCUT2D eigenvalue weighted by molar-refractivity contribution is 7.80. The molecule has 2 aromatic rings. The molecule has 2 aromatic carbocycles. The molecule has 0 aliphatic rings. The highest BCUT2D eigenvalue weighted by Gasteiger charge is 2.17. The summed E-state index contributed by atoms with van der Waals surface area (Å²) in [4.78, 5) is 24.2. The van der Waals surface area contributed by atoms with Gasteiger partial charge < -0.3 is 20.1 Å². The summed E-state index contributed by atoms with van der Waals surface area (Å²) in [7, 11) is 2.94. The van der Waals surface area contributed by atoms with Crippen LogP contribution in [0.2, 0.25) is 0 Å². The molecule has 0 spiro atoms. The number of rotatable bonds is 7. The Bertz CT molecular complexity index is 853. The quantitative estimate of drug-likeness (QED) is 0.561. The van der Waals surface area contributed by atoms with Crippen molar-refractivity contribution < 1.29 is 19.1 Å². The van der Waals surface area contributed by atoms with E-state index >= 15 is 0 Å². The van der Waals surface area contributed by atoms with Gasteiger partial charge in [0.05, 0.1) is 31.7 Å². The van der Waals surface area contributed by atoms with E-state index in [0.717, 1.165) is 22.1 Å². The number of hydrogen-bond donors (Lipinski definition) is 2. The third kappa shape index (κ3) is 5.40. The summed E-state index contributed by atoms with van der Waals surface area (Å²) in [6.45, 7) is 3.64. The summed E-state index contributed by atoms with van der Waals surface area (Å²) in [5.41, 5.74) is 0.909. The van der Waals surface area contributed by atoms with Gasteiger partial charge in [0, 0.05) is 0 Å². The van der Waals surface area contributed by atoms with Crippen molar-refractivity contribution in [3.63, 3.8) is 0 Å². The van der Waals surface area contributed by atoms with Crippen LogP contribution < -0.4 is 15.4 Å². The molecule has 27 heavy (non-hydrogen) atoms. The minimum Gasteiger partial charge on any atom is -0.497 e. The number of benzene rings is 2. The van der Waals surface area contributed by atoms with Gasteiger partial charge in [-0.3, -0.25) is 4.79 Å². The van der Waals surface area contributed by atoms with Gasteiger partial charge >= 0.3 is 5.97 Å². The summed E-state index contributed by atoms with van der Waals surface area (Å²) >= 11 is 5.16. The second kappa shape index (κ2) is 9.32. The lowest BCUT2D eigenvalue weighted by atomic mass is 9.97. The number of thiocarbonyl (C=S) groups is 1. The first-order valence-electron chi connectivity index (χ1n) is 8.58. The van der Waals surface area contributed by atoms with Crippen LogP contribution in [0.5, 0.6) is 5.75 Å². The molecule has 2 atom stereocenters. The zero-order chi connectivity index (χ0) is 20.0. The van der Waals surface area contributed by atoms with Gasteiger partial charge in [-0.15, -0.1) is 0 Å². The third-order valence-electron chi connectivity index (χ3n) is 4.32. The number of methoxy groups -OCH3 is 2. The van der Waals surface area contributed by atoms with Crippen LogP contribution >= 0.6 is 12.2 Å². The Kier molecular flexibility index (Phi) is 7.12. The predicted molar refractivity (Wildman–Crippen MR) is 109 cm³/mol. The van der Waals surface area contributed by atoms with Gasteiger partial charge in [-0.25, -0.2) is 4.79 Å². The second-order valence-electron chi connectivity index (χ2n) is 6.22. The van der Waals surface area contributed by atoms with Crippen LogP contribution in [0.15, 0.2) is 36.4 Å². The van der Waals surface area contributed by atoms with E-state index in [2.05, 4.69) is 15.4 Å². The van der Waals surface area contributed by atoms with E-state index in [4.69, 9.17) is 17.0 Å². The first-order chi connectivity index (χ1) is 12.8. The lowest BCUT2D eigenvalue weighted by Crippen LogP contribution is -2.44. The first kappa shape index (κ1) is 20.6. The molecule has 1 amide bonds. The molecule has 0 aromatic heterocycles. The molecule has 0 unspecified atom stereocenters. The van der Waals surface area contributed by atoms with Gasteiger partial charge in [0.25, 0.3) is 0 Å². The highest BCUT2D eigenvalue weighted by atomic mass is 32.1. The fraction of sp³-hybridized carbons (Fsp3) is 0.350. The molecule has 0 heterocycles. The molecule has 0 aliphatic carbocycles. The van der Waals surface area contributed by atoms with Gasteiger partial charge in [-0.2, -0.15) is 0 Å². The van der Waals surface area contributed by atoms with Crippen molar-refractivity contribution in [3.05, 3.63) is 42.0 Å². The smallest absolute Gasteiger partial charge is 0.327 e. The number of ether oxygens (including phenoxy) is 2. The van der Waals surface area contributed by atoms with E-state index in [1.54, 1.807) is 14.0 Å². The molecule has 0 saturated heterocycles. The van der Waals surface area contributed by atoms with E-state index in [1.807, 2.05) is 43.3 Å². The molecule has 2 rings (SSSR count). The lowest BCUT2D eigenvalue weighted by Gasteiger charge is -2.16. The maximum absolute atomic E-state index is 12.5. The van der Waals surface area contributed by atoms with Crippen LogP contribution in [-0.4, -0.2) is 43.7 Å². The fourth-order valence-electron chi connectivity index (χ4n) is 2.64. The van der Waals surface area contributed by atoms with E-state index in [9.17, 15) is 9.59 Å². The minimum atomic E-state index is -0.561. The Morgan fingerprint density at radius 2 is 1.74 bits per heavy atom. The van der Waals surface area contributed by atoms with Crippen molar-refractivity contribution in [1.82, 2.24) is 10.6 Å². The summed E-state index contributed by atoms with van der Waals surface area (Å²) in [6, 6.07) is 11.2. The van der Waals surface area contributed by atoms with Crippen molar-refractivity contribution in [2.75, 3.05) is 20.8 Å². The SMILES string of the molecule is COC(=O)[C@H](C)NC(=S)CNC(=O)[C@@H](C)c1ccc2cc(OC)ccc2c1. The maximum atomic E-state index is 12.5. The monoisotopic (exact) mass is 388 g/mol. The summed E-state index contributed by atoms with van der Waals surface area (Å²) in [6.07, 6.45) is 0. The molecule has 7 heteroatoms. The Balaban J connectivity index is 1.97. The number of hydrogen-bond acceptors (Lipinski definition) is 5. The van der Waals surface area contributed by atoms with Gasteiger partial charge in [-0.05, 0) is 42.3 Å². The standard InChI is InChI=1S/C20H24N2O4S/c1-12(19(23)21-11-18(27)22-13(2)20(24)26-4)14-5-6-16-10-17(25-3)8-7-15(16)9-14/h5-10,12-13H,11H2,1-4H3,(H,21,23)(H,22,27)/t12-,13-/m0/s1. The van der Waals surface area contributed by atoms with Gasteiger partial charge in [0.1, 0.15) is 11.8 Å². The molecule has 2 N–H and O–H groups in total. The van der Waals surface area contributed by atoms with Gasteiger partial charge in [0.15, 0.2) is 0 Å². The van der Waals surface area contributed by atoms with Crippen molar-refractivity contribution in [3.8, 4) is 5.75 Å². The van der Waals surface area contributed by atoms with E-state index < -0.39 is 12.0 Å².